The highest BCUT2D eigenvalue weighted by molar-refractivity contribution is 5.79. The van der Waals surface area contributed by atoms with Gasteiger partial charge in [0.05, 0.1) is 32.3 Å². The molecule has 4 saturated carbocycles. The summed E-state index contributed by atoms with van der Waals surface area (Å²) in [4.78, 5) is 132. The first kappa shape index (κ1) is 71.1. The van der Waals surface area contributed by atoms with E-state index in [1.165, 1.54) is 12.7 Å². The highest BCUT2D eigenvalue weighted by Crippen LogP contribution is 2.76. The van der Waals surface area contributed by atoms with Gasteiger partial charge < -0.3 is 75.8 Å². The topological polar surface area (TPSA) is 318 Å². The Bertz CT molecular complexity index is 2830. The van der Waals surface area contributed by atoms with Crippen LogP contribution in [0.5, 0.6) is 0 Å². The second-order valence-electron chi connectivity index (χ2n) is 28.1. The second-order valence-corrected chi connectivity index (χ2v) is 28.1. The smallest absolute Gasteiger partial charge is 0.338 e. The van der Waals surface area contributed by atoms with Crippen LogP contribution in [0.2, 0.25) is 0 Å². The second kappa shape index (κ2) is 27.3. The normalized spacial score (nSPS) is 40.3. The summed E-state index contributed by atoms with van der Waals surface area (Å²) in [6.07, 6.45) is -15.5. The van der Waals surface area contributed by atoms with Crippen LogP contribution in [0.25, 0.3) is 0 Å². The van der Waals surface area contributed by atoms with E-state index in [1.807, 2.05) is 0 Å². The third-order valence-electron chi connectivity index (χ3n) is 21.5. The Morgan fingerprint density at radius 2 is 1.03 bits per heavy atom. The van der Waals surface area contributed by atoms with Gasteiger partial charge in [0.15, 0.2) is 73.8 Å². The van der Waals surface area contributed by atoms with E-state index in [4.69, 9.17) is 75.8 Å². The van der Waals surface area contributed by atoms with E-state index in [2.05, 4.69) is 54.5 Å². The molecule has 0 radical (unpaired) electrons. The van der Waals surface area contributed by atoms with Gasteiger partial charge in [0.1, 0.15) is 18.8 Å². The fourth-order valence-electron chi connectivity index (χ4n) is 17.5. The molecule has 0 bridgehead atoms. The van der Waals surface area contributed by atoms with Crippen LogP contribution >= 0.6 is 0 Å². The third-order valence-corrected chi connectivity index (χ3v) is 21.5. The summed E-state index contributed by atoms with van der Waals surface area (Å²) < 4.78 is 96.5. The molecule has 91 heavy (non-hydrogen) atoms. The fraction of sp³-hybridized carbons (Fsp3) is 0.815. The molecule has 3 heterocycles. The molecule has 22 atom stereocenters. The van der Waals surface area contributed by atoms with Crippen molar-refractivity contribution in [2.75, 3.05) is 27.4 Å². The fourth-order valence-corrected chi connectivity index (χ4v) is 17.5. The van der Waals surface area contributed by atoms with Crippen LogP contribution < -0.4 is 0 Å². The average molecular weight is 1290 g/mol. The number of allylic oxidation sites excluding steroid dienone is 2. The SMILES string of the molecule is COC(=O)C1OC(OC2CCC3(C)C(CCC4(C)C3CC=C3C5CC(C)(C)CCC5(C(=O)OC)CCC34C)C2(C)C)C(OC2OC(COC(C)=O)C(OC(C)=O)C(OC(C)=O)C2OC(C)=O)C(OC(C)=O)C1OC1OCC(OC(C)=O)C(OC(C)=O)C1OC(C)=O. The molecular formula is C65H94O26. The van der Waals surface area contributed by atoms with Gasteiger partial charge in [-0.3, -0.25) is 43.2 Å². The van der Waals surface area contributed by atoms with Crippen molar-refractivity contribution in [3.05, 3.63) is 11.6 Å². The molecule has 26 nitrogen and oxygen atoms in total. The minimum absolute atomic E-state index is 0.0103. The number of hydrogen-bond donors (Lipinski definition) is 0. The highest BCUT2D eigenvalue weighted by atomic mass is 16.8. The van der Waals surface area contributed by atoms with Gasteiger partial charge in [-0.15, -0.1) is 0 Å². The van der Waals surface area contributed by atoms with Crippen LogP contribution in [0.3, 0.4) is 0 Å². The Morgan fingerprint density at radius 1 is 0.505 bits per heavy atom. The minimum atomic E-state index is -1.98. The van der Waals surface area contributed by atoms with Gasteiger partial charge in [-0.05, 0) is 109 Å². The quantitative estimate of drug-likeness (QED) is 0.0679. The number of methoxy groups -OCH3 is 2. The summed E-state index contributed by atoms with van der Waals surface area (Å²) in [5.74, 6) is -8.27. The lowest BCUT2D eigenvalue weighted by Crippen LogP contribution is -2.69. The molecule has 0 amide bonds. The zero-order chi connectivity index (χ0) is 67.2. The molecule has 26 heteroatoms. The van der Waals surface area contributed by atoms with Crippen molar-refractivity contribution in [2.45, 2.75) is 260 Å². The van der Waals surface area contributed by atoms with Gasteiger partial charge in [0.25, 0.3) is 0 Å². The van der Waals surface area contributed by atoms with Crippen molar-refractivity contribution in [2.24, 2.45) is 50.2 Å². The molecule has 0 aromatic rings. The zero-order valence-corrected chi connectivity index (χ0v) is 55.6. The van der Waals surface area contributed by atoms with Crippen molar-refractivity contribution in [1.82, 2.24) is 0 Å². The molecule has 7 fully saturated rings. The van der Waals surface area contributed by atoms with Gasteiger partial charge in [0.2, 0.25) is 0 Å². The van der Waals surface area contributed by atoms with E-state index in [-0.39, 0.29) is 45.4 Å². The van der Waals surface area contributed by atoms with Gasteiger partial charge in [-0.2, -0.15) is 0 Å². The molecular weight excluding hydrogens is 1200 g/mol. The van der Waals surface area contributed by atoms with Crippen LogP contribution in [0.4, 0.5) is 0 Å². The maximum Gasteiger partial charge on any atom is 0.338 e. The van der Waals surface area contributed by atoms with Gasteiger partial charge in [-0.25, -0.2) is 4.79 Å². The number of fused-ring (bicyclic) bond motifs is 7. The molecule has 3 saturated heterocycles. The number of hydrogen-bond acceptors (Lipinski definition) is 26. The number of carbonyl (C=O) groups excluding carboxylic acids is 10. The van der Waals surface area contributed by atoms with Gasteiger partial charge in [-0.1, -0.05) is 60.1 Å². The first-order valence-electron chi connectivity index (χ1n) is 31.6. The highest BCUT2D eigenvalue weighted by Gasteiger charge is 2.70. The summed E-state index contributed by atoms with van der Waals surface area (Å²) in [5.41, 5.74) is -0.582. The van der Waals surface area contributed by atoms with Gasteiger partial charge in [0, 0.05) is 55.4 Å². The molecule has 0 aromatic carbocycles. The summed E-state index contributed by atoms with van der Waals surface area (Å²) in [5, 5.41) is 0. The maximum absolute atomic E-state index is 14.5. The summed E-state index contributed by atoms with van der Waals surface area (Å²) in [7, 11) is 2.56. The van der Waals surface area contributed by atoms with E-state index in [0.29, 0.717) is 12.8 Å². The minimum Gasteiger partial charge on any atom is -0.469 e. The third kappa shape index (κ3) is 14.1. The first-order valence-corrected chi connectivity index (χ1v) is 31.6. The van der Waals surface area contributed by atoms with E-state index in [9.17, 15) is 47.9 Å². The first-order chi connectivity index (χ1) is 42.5. The summed E-state index contributed by atoms with van der Waals surface area (Å²) in [6, 6.07) is 0. The predicted molar refractivity (Wildman–Crippen MR) is 310 cm³/mol. The number of carbonyl (C=O) groups is 10. The van der Waals surface area contributed by atoms with Crippen molar-refractivity contribution in [1.29, 1.82) is 0 Å². The van der Waals surface area contributed by atoms with E-state index >= 15 is 0 Å². The van der Waals surface area contributed by atoms with E-state index in [1.54, 1.807) is 0 Å². The summed E-state index contributed by atoms with van der Waals surface area (Å²) in [6.45, 7) is 23.3. The Hall–Kier alpha value is -5.80. The average Bonchev–Trinajstić information content (AvgIpc) is 0.678. The Morgan fingerprint density at radius 3 is 1.60 bits per heavy atom. The number of rotatable bonds is 17. The van der Waals surface area contributed by atoms with Crippen molar-refractivity contribution >= 4 is 59.7 Å². The van der Waals surface area contributed by atoms with Crippen LogP contribution in [-0.2, 0) is 124 Å². The molecule has 0 aromatic heterocycles. The number of ether oxygens (including phenoxy) is 16. The Kier molecular flexibility index (Phi) is 21.3. The van der Waals surface area contributed by atoms with Crippen molar-refractivity contribution < 1.29 is 124 Å². The van der Waals surface area contributed by atoms with Crippen molar-refractivity contribution in [3.63, 3.8) is 0 Å². The van der Waals surface area contributed by atoms with Crippen LogP contribution in [0.1, 0.15) is 168 Å². The lowest BCUT2D eigenvalue weighted by molar-refractivity contribution is -0.388. The molecule has 22 unspecified atom stereocenters. The largest absolute Gasteiger partial charge is 0.469 e. The monoisotopic (exact) mass is 1290 g/mol. The van der Waals surface area contributed by atoms with Crippen molar-refractivity contribution in [3.8, 4) is 0 Å². The maximum atomic E-state index is 14.5. The lowest BCUT2D eigenvalue weighted by Gasteiger charge is -2.71. The molecule has 5 aliphatic carbocycles. The standard InChI is InChI=1S/C65H94O26/c1-31(66)78-29-42-46(81-33(3)68)48(83-35(5)70)53(86-38(8)73)57(87-42)91-54-50(84-36(6)71)49(89-56-52(85-37(7)72)47(82-34(4)69)41(30-79-56)80-32(2)67)51(55(74)76-16)90-58(54)88-45-21-22-62(13)43(61(45,11)12)20-23-64(15)44(62)19-18-39-40-28-60(9,10)24-26-65(40,59(75)77-17)27-25-63(39,64)14/h18,40-54,56-58H,19-30H2,1-17H3. The predicted octanol–water partition coefficient (Wildman–Crippen LogP) is 6.18. The molecule has 8 rings (SSSR count). The Labute approximate surface area is 531 Å². The molecule has 0 N–H and O–H groups in total. The number of esters is 10. The summed E-state index contributed by atoms with van der Waals surface area (Å²) >= 11 is 0. The van der Waals surface area contributed by atoms with Crippen LogP contribution in [0, 0.1) is 50.2 Å². The van der Waals surface area contributed by atoms with E-state index < -0.39 is 170 Å². The van der Waals surface area contributed by atoms with Crippen LogP contribution in [0.15, 0.2) is 11.6 Å². The Balaban J connectivity index is 1.23. The molecule has 510 valence electrons. The molecule has 8 aliphatic rings. The van der Waals surface area contributed by atoms with Gasteiger partial charge >= 0.3 is 59.7 Å². The molecule has 0 spiro atoms. The lowest BCUT2D eigenvalue weighted by atomic mass is 9.33. The zero-order valence-electron chi connectivity index (χ0n) is 55.6. The van der Waals surface area contributed by atoms with Crippen LogP contribution in [-0.4, -0.2) is 179 Å². The van der Waals surface area contributed by atoms with E-state index in [0.717, 1.165) is 114 Å². The molecule has 3 aliphatic heterocycles.